The van der Waals surface area contributed by atoms with Gasteiger partial charge in [0.05, 0.1) is 0 Å². The summed E-state index contributed by atoms with van der Waals surface area (Å²) in [6, 6.07) is 8.73. The number of aromatic nitrogens is 1. The van der Waals surface area contributed by atoms with Crippen molar-refractivity contribution in [2.45, 2.75) is 31.8 Å². The Morgan fingerprint density at radius 1 is 1.36 bits per heavy atom. The van der Waals surface area contributed by atoms with Crippen LogP contribution in [0, 0.1) is 5.82 Å². The van der Waals surface area contributed by atoms with Crippen molar-refractivity contribution in [1.82, 2.24) is 15.6 Å². The Hall–Kier alpha value is -2.96. The van der Waals surface area contributed by atoms with Gasteiger partial charge in [0.15, 0.2) is 0 Å². The highest BCUT2D eigenvalue weighted by molar-refractivity contribution is 5.88. The maximum absolute atomic E-state index is 13.3. The molecule has 2 amide bonds. The zero-order valence-corrected chi connectivity index (χ0v) is 13.5. The number of amides is 2. The Bertz CT molecular complexity index is 782. The Morgan fingerprint density at radius 2 is 2.24 bits per heavy atom. The number of rotatable bonds is 5. The summed E-state index contributed by atoms with van der Waals surface area (Å²) >= 11 is 0. The van der Waals surface area contributed by atoms with Crippen molar-refractivity contribution in [3.05, 3.63) is 54.0 Å². The lowest BCUT2D eigenvalue weighted by molar-refractivity contribution is -0.131. The smallest absolute Gasteiger partial charge is 0.242 e. The van der Waals surface area contributed by atoms with E-state index in [9.17, 15) is 14.0 Å². The third-order valence-corrected chi connectivity index (χ3v) is 3.86. The van der Waals surface area contributed by atoms with Crippen LogP contribution in [0.5, 0.6) is 11.6 Å². The van der Waals surface area contributed by atoms with Gasteiger partial charge >= 0.3 is 0 Å². The normalized spacial score (nSPS) is 16.8. The third-order valence-electron chi connectivity index (χ3n) is 3.86. The lowest BCUT2D eigenvalue weighted by atomic mass is 10.0. The van der Waals surface area contributed by atoms with Crippen molar-refractivity contribution in [2.75, 3.05) is 0 Å². The Labute approximate surface area is 144 Å². The number of hydrogen-bond acceptors (Lipinski definition) is 4. The number of nitrogens with one attached hydrogen (secondary N) is 2. The second-order valence-corrected chi connectivity index (χ2v) is 5.76. The number of ether oxygens (including phenoxy) is 1. The highest BCUT2D eigenvalue weighted by Crippen LogP contribution is 2.23. The van der Waals surface area contributed by atoms with E-state index in [0.717, 1.165) is 0 Å². The highest BCUT2D eigenvalue weighted by atomic mass is 19.1. The van der Waals surface area contributed by atoms with E-state index in [-0.39, 0.29) is 18.4 Å². The summed E-state index contributed by atoms with van der Waals surface area (Å²) in [6.07, 6.45) is 3.33. The van der Waals surface area contributed by atoms with Gasteiger partial charge in [-0.25, -0.2) is 9.37 Å². The monoisotopic (exact) mass is 343 g/mol. The van der Waals surface area contributed by atoms with Gasteiger partial charge in [-0.3, -0.25) is 9.59 Å². The minimum Gasteiger partial charge on any atom is -0.439 e. The van der Waals surface area contributed by atoms with Crippen molar-refractivity contribution in [3.63, 3.8) is 0 Å². The predicted octanol–water partition coefficient (Wildman–Crippen LogP) is 2.30. The summed E-state index contributed by atoms with van der Waals surface area (Å²) in [5.41, 5.74) is 0.655. The minimum absolute atomic E-state index is 0.108. The molecule has 1 aliphatic rings. The number of carbonyl (C=O) groups excluding carboxylic acids is 2. The molecule has 1 aromatic carbocycles. The van der Waals surface area contributed by atoms with Crippen molar-refractivity contribution < 1.29 is 18.7 Å². The van der Waals surface area contributed by atoms with Crippen LogP contribution in [0.25, 0.3) is 0 Å². The van der Waals surface area contributed by atoms with E-state index in [1.807, 2.05) is 0 Å². The minimum atomic E-state index is -0.509. The third kappa shape index (κ3) is 4.53. The van der Waals surface area contributed by atoms with Gasteiger partial charge in [0, 0.05) is 30.8 Å². The van der Waals surface area contributed by atoms with E-state index in [1.54, 1.807) is 30.5 Å². The second kappa shape index (κ2) is 7.74. The molecule has 1 atom stereocenters. The molecule has 1 aliphatic heterocycles. The van der Waals surface area contributed by atoms with E-state index >= 15 is 0 Å². The van der Waals surface area contributed by atoms with Crippen molar-refractivity contribution in [1.29, 1.82) is 0 Å². The van der Waals surface area contributed by atoms with E-state index < -0.39 is 11.9 Å². The Balaban J connectivity index is 1.64. The second-order valence-electron chi connectivity index (χ2n) is 5.76. The van der Waals surface area contributed by atoms with Gasteiger partial charge in [-0.15, -0.1) is 0 Å². The van der Waals surface area contributed by atoms with Crippen molar-refractivity contribution in [3.8, 4) is 11.6 Å². The lowest BCUT2D eigenvalue weighted by Crippen LogP contribution is -2.48. The average Bonchev–Trinajstić information content (AvgIpc) is 2.61. The van der Waals surface area contributed by atoms with Crippen molar-refractivity contribution in [2.24, 2.45) is 0 Å². The van der Waals surface area contributed by atoms with Crippen LogP contribution in [0.2, 0.25) is 0 Å². The number of piperidine rings is 1. The van der Waals surface area contributed by atoms with Gasteiger partial charge in [-0.2, -0.15) is 0 Å². The quantitative estimate of drug-likeness (QED) is 0.873. The molecule has 7 heteroatoms. The molecular weight excluding hydrogens is 325 g/mol. The van der Waals surface area contributed by atoms with Gasteiger partial charge in [0.2, 0.25) is 17.7 Å². The van der Waals surface area contributed by atoms with Gasteiger partial charge < -0.3 is 15.4 Å². The number of benzene rings is 1. The average molecular weight is 343 g/mol. The van der Waals surface area contributed by atoms with E-state index in [1.165, 1.54) is 12.1 Å². The molecule has 0 spiro atoms. The Kier molecular flexibility index (Phi) is 5.23. The topological polar surface area (TPSA) is 80.3 Å². The van der Waals surface area contributed by atoms with Gasteiger partial charge in [-0.1, -0.05) is 12.1 Å². The summed E-state index contributed by atoms with van der Waals surface area (Å²) in [5, 5.41) is 5.45. The maximum Gasteiger partial charge on any atom is 0.242 e. The summed E-state index contributed by atoms with van der Waals surface area (Å²) < 4.78 is 18.9. The molecule has 0 saturated carbocycles. The maximum atomic E-state index is 13.3. The summed E-state index contributed by atoms with van der Waals surface area (Å²) in [7, 11) is 0. The Morgan fingerprint density at radius 3 is 3.04 bits per heavy atom. The molecule has 0 aliphatic carbocycles. The molecule has 1 saturated heterocycles. The largest absolute Gasteiger partial charge is 0.439 e. The molecule has 1 fully saturated rings. The fourth-order valence-electron chi connectivity index (χ4n) is 2.60. The van der Waals surface area contributed by atoms with Crippen LogP contribution in [0.4, 0.5) is 4.39 Å². The molecule has 0 radical (unpaired) electrons. The molecule has 2 aromatic rings. The van der Waals surface area contributed by atoms with E-state index in [2.05, 4.69) is 15.6 Å². The predicted molar refractivity (Wildman–Crippen MR) is 88.3 cm³/mol. The van der Waals surface area contributed by atoms with Crippen molar-refractivity contribution >= 4 is 11.8 Å². The van der Waals surface area contributed by atoms with Crippen LogP contribution >= 0.6 is 0 Å². The molecule has 2 heterocycles. The van der Waals surface area contributed by atoms with Crippen LogP contribution in [-0.4, -0.2) is 22.8 Å². The van der Waals surface area contributed by atoms with Crippen LogP contribution in [0.3, 0.4) is 0 Å². The molecule has 25 heavy (non-hydrogen) atoms. The van der Waals surface area contributed by atoms with Gasteiger partial charge in [0.25, 0.3) is 0 Å². The van der Waals surface area contributed by atoms with Crippen LogP contribution in [0.1, 0.15) is 24.8 Å². The molecule has 130 valence electrons. The first kappa shape index (κ1) is 16.9. The van der Waals surface area contributed by atoms with Gasteiger partial charge in [-0.05, 0) is 31.0 Å². The number of carbonyl (C=O) groups is 2. The zero-order chi connectivity index (χ0) is 17.6. The first-order valence-corrected chi connectivity index (χ1v) is 8.06. The standard InChI is InChI=1S/C18H18FN3O3/c19-13-5-1-6-14(10-13)25-18-12(4-3-9-20-18)11-21-17(24)15-7-2-8-16(23)22-15/h1,3-6,9-10,15H,2,7-8,11H2,(H,21,24)(H,22,23)/t15-/m1/s1. The van der Waals surface area contributed by atoms with Crippen LogP contribution in [-0.2, 0) is 16.1 Å². The number of nitrogens with zero attached hydrogens (tertiary/aromatic N) is 1. The van der Waals surface area contributed by atoms with Crippen LogP contribution in [0.15, 0.2) is 42.6 Å². The van der Waals surface area contributed by atoms with E-state index in [4.69, 9.17) is 4.74 Å². The van der Waals surface area contributed by atoms with E-state index in [0.29, 0.717) is 36.5 Å². The molecule has 0 bridgehead atoms. The summed E-state index contributed by atoms with van der Waals surface area (Å²) in [6.45, 7) is 0.198. The summed E-state index contributed by atoms with van der Waals surface area (Å²) in [4.78, 5) is 27.7. The summed E-state index contributed by atoms with van der Waals surface area (Å²) in [5.74, 6) is -0.139. The zero-order valence-electron chi connectivity index (χ0n) is 13.5. The SMILES string of the molecule is O=C1CCC[C@H](C(=O)NCc2cccnc2Oc2cccc(F)c2)N1. The first-order valence-electron chi connectivity index (χ1n) is 8.06. The van der Waals surface area contributed by atoms with Gasteiger partial charge in [0.1, 0.15) is 17.6 Å². The molecule has 1 aromatic heterocycles. The molecular formula is C18H18FN3O3. The fraction of sp³-hybridized carbons (Fsp3) is 0.278. The number of hydrogen-bond donors (Lipinski definition) is 2. The molecule has 3 rings (SSSR count). The first-order chi connectivity index (χ1) is 12.1. The molecule has 2 N–H and O–H groups in total. The van der Waals surface area contributed by atoms with Crippen LogP contribution < -0.4 is 15.4 Å². The fourth-order valence-corrected chi connectivity index (χ4v) is 2.60. The number of halogens is 1. The highest BCUT2D eigenvalue weighted by Gasteiger charge is 2.24. The molecule has 6 nitrogen and oxygen atoms in total. The lowest BCUT2D eigenvalue weighted by Gasteiger charge is -2.22. The number of pyridine rings is 1. The molecule has 0 unspecified atom stereocenters.